The first-order valence-electron chi connectivity index (χ1n) is 5.29. The molecule has 0 aromatic rings. The van der Waals surface area contributed by atoms with E-state index in [0.29, 0.717) is 5.76 Å². The van der Waals surface area contributed by atoms with Gasteiger partial charge in [0.1, 0.15) is 0 Å². The monoisotopic (exact) mass is 196 g/mol. The zero-order chi connectivity index (χ0) is 10.6. The van der Waals surface area contributed by atoms with Crippen LogP contribution in [0.15, 0.2) is 23.7 Å². The minimum absolute atomic E-state index is 0.170. The van der Waals surface area contributed by atoms with E-state index in [4.69, 9.17) is 4.74 Å². The molecule has 0 aliphatic heterocycles. The second-order valence-electron chi connectivity index (χ2n) is 4.45. The van der Waals surface area contributed by atoms with E-state index >= 15 is 0 Å². The predicted molar refractivity (Wildman–Crippen MR) is 58.1 cm³/mol. The standard InChI is InChI=1S/C12H20O2/c1-4-5-8-14-10-6-7-11(13)12(2,3)9-10/h6-7,13H,4-5,8-9H2,1-3H3. The number of ether oxygens (including phenoxy) is 1. The van der Waals surface area contributed by atoms with Gasteiger partial charge in [0.15, 0.2) is 0 Å². The molecule has 1 rings (SSSR count). The summed E-state index contributed by atoms with van der Waals surface area (Å²) in [6.45, 7) is 6.98. The van der Waals surface area contributed by atoms with E-state index in [1.165, 1.54) is 0 Å². The molecular weight excluding hydrogens is 176 g/mol. The Kier molecular flexibility index (Phi) is 3.62. The van der Waals surface area contributed by atoms with Crippen LogP contribution in [-0.4, -0.2) is 11.7 Å². The molecule has 0 radical (unpaired) electrons. The third-order valence-electron chi connectivity index (χ3n) is 2.52. The largest absolute Gasteiger partial charge is 0.512 e. The van der Waals surface area contributed by atoms with Gasteiger partial charge in [-0.15, -0.1) is 0 Å². The number of aliphatic hydroxyl groups excluding tert-OH is 1. The maximum absolute atomic E-state index is 9.59. The van der Waals surface area contributed by atoms with Crippen LogP contribution in [0, 0.1) is 5.41 Å². The van der Waals surface area contributed by atoms with Gasteiger partial charge in [0.05, 0.1) is 18.1 Å². The van der Waals surface area contributed by atoms with Crippen LogP contribution in [0.1, 0.15) is 40.0 Å². The van der Waals surface area contributed by atoms with Crippen LogP contribution >= 0.6 is 0 Å². The first kappa shape index (κ1) is 11.2. The zero-order valence-electron chi connectivity index (χ0n) is 9.34. The second-order valence-corrected chi connectivity index (χ2v) is 4.45. The normalized spacial score (nSPS) is 19.9. The molecule has 14 heavy (non-hydrogen) atoms. The molecule has 0 aromatic carbocycles. The molecule has 0 atom stereocenters. The topological polar surface area (TPSA) is 29.5 Å². The van der Waals surface area contributed by atoms with E-state index in [9.17, 15) is 5.11 Å². The summed E-state index contributed by atoms with van der Waals surface area (Å²) in [7, 11) is 0. The lowest BCUT2D eigenvalue weighted by molar-refractivity contribution is 0.156. The first-order valence-corrected chi connectivity index (χ1v) is 5.29. The molecule has 0 saturated carbocycles. The van der Waals surface area contributed by atoms with Gasteiger partial charge in [0.25, 0.3) is 0 Å². The Labute approximate surface area is 86.3 Å². The second kappa shape index (κ2) is 4.54. The molecule has 0 heterocycles. The Bertz CT molecular complexity index is 249. The van der Waals surface area contributed by atoms with Gasteiger partial charge in [-0.2, -0.15) is 0 Å². The van der Waals surface area contributed by atoms with E-state index in [0.717, 1.165) is 31.6 Å². The van der Waals surface area contributed by atoms with Crippen molar-refractivity contribution in [2.75, 3.05) is 6.61 Å². The van der Waals surface area contributed by atoms with Gasteiger partial charge >= 0.3 is 0 Å². The van der Waals surface area contributed by atoms with Gasteiger partial charge in [-0.25, -0.2) is 0 Å². The van der Waals surface area contributed by atoms with Gasteiger partial charge in [-0.3, -0.25) is 0 Å². The number of hydrogen-bond acceptors (Lipinski definition) is 2. The number of allylic oxidation sites excluding steroid dienone is 4. The third kappa shape index (κ3) is 2.79. The maximum Gasteiger partial charge on any atom is 0.0984 e. The van der Waals surface area contributed by atoms with Crippen molar-refractivity contribution in [1.82, 2.24) is 0 Å². The minimum atomic E-state index is -0.170. The molecule has 1 N–H and O–H groups in total. The number of unbranched alkanes of at least 4 members (excludes halogenated alkanes) is 1. The molecule has 0 fully saturated rings. The fraction of sp³-hybridized carbons (Fsp3) is 0.667. The van der Waals surface area contributed by atoms with Crippen molar-refractivity contribution in [1.29, 1.82) is 0 Å². The Morgan fingerprint density at radius 2 is 2.14 bits per heavy atom. The van der Waals surface area contributed by atoms with Crippen molar-refractivity contribution in [3.8, 4) is 0 Å². The molecule has 1 aliphatic carbocycles. The number of rotatable bonds is 4. The van der Waals surface area contributed by atoms with Crippen molar-refractivity contribution < 1.29 is 9.84 Å². The lowest BCUT2D eigenvalue weighted by atomic mass is 9.83. The summed E-state index contributed by atoms with van der Waals surface area (Å²) in [6.07, 6.45) is 6.64. The fourth-order valence-electron chi connectivity index (χ4n) is 1.43. The molecule has 80 valence electrons. The van der Waals surface area contributed by atoms with Gasteiger partial charge in [0.2, 0.25) is 0 Å². The molecule has 2 nitrogen and oxygen atoms in total. The Morgan fingerprint density at radius 3 is 2.71 bits per heavy atom. The molecule has 0 amide bonds. The van der Waals surface area contributed by atoms with Crippen LogP contribution in [0.2, 0.25) is 0 Å². The van der Waals surface area contributed by atoms with Crippen molar-refractivity contribution >= 4 is 0 Å². The Balaban J connectivity index is 2.49. The molecular formula is C12H20O2. The summed E-state index contributed by atoms with van der Waals surface area (Å²) < 4.78 is 5.61. The van der Waals surface area contributed by atoms with Crippen LogP contribution in [-0.2, 0) is 4.74 Å². The molecule has 2 heteroatoms. The SMILES string of the molecule is CCCCOC1=CC=C(O)C(C)(C)C1. The lowest BCUT2D eigenvalue weighted by Crippen LogP contribution is -2.19. The maximum atomic E-state index is 9.59. The number of hydrogen-bond donors (Lipinski definition) is 1. The highest BCUT2D eigenvalue weighted by Gasteiger charge is 2.27. The van der Waals surface area contributed by atoms with Crippen molar-refractivity contribution in [2.24, 2.45) is 5.41 Å². The smallest absolute Gasteiger partial charge is 0.0984 e. The quantitative estimate of drug-likeness (QED) is 0.697. The Morgan fingerprint density at radius 1 is 1.43 bits per heavy atom. The number of aliphatic hydroxyl groups is 1. The van der Waals surface area contributed by atoms with E-state index < -0.39 is 0 Å². The first-order chi connectivity index (χ1) is 6.56. The summed E-state index contributed by atoms with van der Waals surface area (Å²) in [5.41, 5.74) is -0.170. The van der Waals surface area contributed by atoms with Crippen LogP contribution in [0.4, 0.5) is 0 Å². The zero-order valence-corrected chi connectivity index (χ0v) is 9.34. The molecule has 1 aliphatic rings. The highest BCUT2D eigenvalue weighted by Crippen LogP contribution is 2.35. The highest BCUT2D eigenvalue weighted by molar-refractivity contribution is 5.22. The van der Waals surface area contributed by atoms with Crippen LogP contribution in [0.3, 0.4) is 0 Å². The average molecular weight is 196 g/mol. The van der Waals surface area contributed by atoms with Crippen molar-refractivity contribution in [3.63, 3.8) is 0 Å². The van der Waals surface area contributed by atoms with E-state index in [1.807, 2.05) is 19.9 Å². The van der Waals surface area contributed by atoms with Crippen molar-refractivity contribution in [3.05, 3.63) is 23.7 Å². The summed E-state index contributed by atoms with van der Waals surface area (Å²) >= 11 is 0. The highest BCUT2D eigenvalue weighted by atomic mass is 16.5. The van der Waals surface area contributed by atoms with Gasteiger partial charge in [-0.05, 0) is 18.6 Å². The molecule has 0 saturated heterocycles. The molecule has 0 spiro atoms. The van der Waals surface area contributed by atoms with Gasteiger partial charge in [-0.1, -0.05) is 27.2 Å². The van der Waals surface area contributed by atoms with E-state index in [2.05, 4.69) is 6.92 Å². The summed E-state index contributed by atoms with van der Waals surface area (Å²) in [5.74, 6) is 1.43. The van der Waals surface area contributed by atoms with Crippen LogP contribution in [0.5, 0.6) is 0 Å². The Hall–Kier alpha value is -0.920. The third-order valence-corrected chi connectivity index (χ3v) is 2.52. The van der Waals surface area contributed by atoms with E-state index in [-0.39, 0.29) is 5.41 Å². The summed E-state index contributed by atoms with van der Waals surface area (Å²) in [5, 5.41) is 9.59. The molecule has 0 unspecified atom stereocenters. The van der Waals surface area contributed by atoms with Gasteiger partial charge in [0, 0.05) is 11.8 Å². The predicted octanol–water partition coefficient (Wildman–Crippen LogP) is 3.56. The lowest BCUT2D eigenvalue weighted by Gasteiger charge is -2.28. The van der Waals surface area contributed by atoms with Crippen LogP contribution in [0.25, 0.3) is 0 Å². The van der Waals surface area contributed by atoms with Gasteiger partial charge < -0.3 is 9.84 Å². The van der Waals surface area contributed by atoms with Crippen molar-refractivity contribution in [2.45, 2.75) is 40.0 Å². The fourth-order valence-corrected chi connectivity index (χ4v) is 1.43. The summed E-state index contributed by atoms with van der Waals surface area (Å²) in [6, 6.07) is 0. The molecule has 0 bridgehead atoms. The summed E-state index contributed by atoms with van der Waals surface area (Å²) in [4.78, 5) is 0. The van der Waals surface area contributed by atoms with Crippen LogP contribution < -0.4 is 0 Å². The minimum Gasteiger partial charge on any atom is -0.512 e. The molecule has 0 aromatic heterocycles. The van der Waals surface area contributed by atoms with E-state index in [1.54, 1.807) is 6.08 Å². The average Bonchev–Trinajstić information content (AvgIpc) is 2.11.